The number of benzene rings is 1. The summed E-state index contributed by atoms with van der Waals surface area (Å²) in [6.45, 7) is 18.8. The molecule has 0 aromatic heterocycles. The van der Waals surface area contributed by atoms with Crippen LogP contribution < -0.4 is 5.32 Å². The third kappa shape index (κ3) is 18.5. The molecule has 1 rings (SSSR count). The SMILES string of the molecule is C=C(CC(CCCC)C(=O)OCC)C(F)(F)F.CC.Cc1cccc(CNC(=O)OC(C)(C)C)c1. The lowest BCUT2D eigenvalue weighted by Crippen LogP contribution is -2.32. The van der Waals surface area contributed by atoms with Crippen LogP contribution in [0.2, 0.25) is 0 Å². The predicted octanol–water partition coefficient (Wildman–Crippen LogP) is 7.91. The van der Waals surface area contributed by atoms with Gasteiger partial charge in [-0.05, 0) is 53.0 Å². The molecule has 1 N–H and O–H groups in total. The molecule has 0 aliphatic heterocycles. The smallest absolute Gasteiger partial charge is 0.412 e. The van der Waals surface area contributed by atoms with Crippen LogP contribution in [0.4, 0.5) is 18.0 Å². The molecule has 1 unspecified atom stereocenters. The van der Waals surface area contributed by atoms with E-state index in [-0.39, 0.29) is 19.1 Å². The number of hydrogen-bond acceptors (Lipinski definition) is 4. The largest absolute Gasteiger partial charge is 0.466 e. The maximum atomic E-state index is 12.3. The van der Waals surface area contributed by atoms with E-state index in [1.807, 2.05) is 72.7 Å². The molecule has 202 valence electrons. The highest BCUT2D eigenvalue weighted by Gasteiger charge is 2.35. The number of aryl methyl sites for hydroxylation is 1. The molecule has 0 saturated heterocycles. The van der Waals surface area contributed by atoms with Gasteiger partial charge in [0.15, 0.2) is 0 Å². The molecule has 1 atom stereocenters. The predicted molar refractivity (Wildman–Crippen MR) is 135 cm³/mol. The Balaban J connectivity index is 0. The van der Waals surface area contributed by atoms with Gasteiger partial charge in [-0.25, -0.2) is 4.79 Å². The van der Waals surface area contributed by atoms with Crippen molar-refractivity contribution in [3.8, 4) is 0 Å². The lowest BCUT2D eigenvalue weighted by molar-refractivity contribution is -0.149. The topological polar surface area (TPSA) is 64.6 Å². The van der Waals surface area contributed by atoms with Crippen LogP contribution in [0.5, 0.6) is 0 Å². The first-order valence-corrected chi connectivity index (χ1v) is 12.1. The minimum absolute atomic E-state index is 0.181. The molecule has 0 aliphatic rings. The fourth-order valence-corrected chi connectivity index (χ4v) is 2.74. The molecule has 0 fully saturated rings. The molecular formula is C27H44F3NO4. The van der Waals surface area contributed by atoms with Crippen molar-refractivity contribution in [1.29, 1.82) is 0 Å². The van der Waals surface area contributed by atoms with Gasteiger partial charge in [0, 0.05) is 12.1 Å². The van der Waals surface area contributed by atoms with Crippen molar-refractivity contribution in [2.75, 3.05) is 6.61 Å². The number of alkyl carbamates (subject to hydrolysis) is 1. The Bertz CT molecular complexity index is 756. The van der Waals surface area contributed by atoms with Gasteiger partial charge in [-0.1, -0.05) is 70.0 Å². The Labute approximate surface area is 209 Å². The van der Waals surface area contributed by atoms with Crippen molar-refractivity contribution in [3.63, 3.8) is 0 Å². The Morgan fingerprint density at radius 1 is 1.11 bits per heavy atom. The van der Waals surface area contributed by atoms with Crippen molar-refractivity contribution in [2.45, 2.75) is 99.4 Å². The highest BCUT2D eigenvalue weighted by Crippen LogP contribution is 2.31. The first-order chi connectivity index (χ1) is 16.2. The van der Waals surface area contributed by atoms with E-state index >= 15 is 0 Å². The second kappa shape index (κ2) is 17.9. The van der Waals surface area contributed by atoms with E-state index in [2.05, 4.69) is 11.9 Å². The van der Waals surface area contributed by atoms with Crippen LogP contribution in [0.3, 0.4) is 0 Å². The Morgan fingerprint density at radius 3 is 2.17 bits per heavy atom. The lowest BCUT2D eigenvalue weighted by Gasteiger charge is -2.19. The van der Waals surface area contributed by atoms with Gasteiger partial charge in [0.05, 0.1) is 12.5 Å². The number of alkyl halides is 3. The number of nitrogens with one attached hydrogen (secondary N) is 1. The number of halogens is 3. The third-order valence-corrected chi connectivity index (χ3v) is 4.34. The molecule has 1 aromatic carbocycles. The monoisotopic (exact) mass is 503 g/mol. The number of carbonyl (C=O) groups is 2. The van der Waals surface area contributed by atoms with Gasteiger partial charge in [-0.3, -0.25) is 4.79 Å². The van der Waals surface area contributed by atoms with Gasteiger partial charge in [0.1, 0.15) is 5.60 Å². The second-order valence-electron chi connectivity index (χ2n) is 8.74. The van der Waals surface area contributed by atoms with Crippen LogP contribution in [0.25, 0.3) is 0 Å². The van der Waals surface area contributed by atoms with Crippen molar-refractivity contribution in [2.24, 2.45) is 5.92 Å². The number of hydrogen-bond donors (Lipinski definition) is 1. The number of unbranched alkanes of at least 4 members (excludes halogenated alkanes) is 1. The molecule has 5 nitrogen and oxygen atoms in total. The van der Waals surface area contributed by atoms with Gasteiger partial charge in [0.25, 0.3) is 0 Å². The second-order valence-corrected chi connectivity index (χ2v) is 8.74. The number of carbonyl (C=O) groups excluding carboxylic acids is 2. The first kappa shape index (κ1) is 34.7. The summed E-state index contributed by atoms with van der Waals surface area (Å²) in [5.41, 5.74) is 0.942. The van der Waals surface area contributed by atoms with Gasteiger partial charge in [-0.15, -0.1) is 0 Å². The van der Waals surface area contributed by atoms with Crippen LogP contribution in [0.1, 0.15) is 85.3 Å². The summed E-state index contributed by atoms with van der Waals surface area (Å²) in [6, 6.07) is 8.01. The molecule has 35 heavy (non-hydrogen) atoms. The Kier molecular flexibility index (Phi) is 17.7. The maximum absolute atomic E-state index is 12.3. The number of allylic oxidation sites excluding steroid dienone is 1. The third-order valence-electron chi connectivity index (χ3n) is 4.34. The lowest BCUT2D eigenvalue weighted by atomic mass is 9.94. The molecule has 1 aromatic rings. The summed E-state index contributed by atoms with van der Waals surface area (Å²) < 4.78 is 46.9. The quantitative estimate of drug-likeness (QED) is 0.275. The van der Waals surface area contributed by atoms with Gasteiger partial charge >= 0.3 is 18.2 Å². The van der Waals surface area contributed by atoms with Gasteiger partial charge in [-0.2, -0.15) is 13.2 Å². The fourth-order valence-electron chi connectivity index (χ4n) is 2.74. The minimum atomic E-state index is -4.43. The minimum Gasteiger partial charge on any atom is -0.466 e. The molecule has 0 saturated carbocycles. The molecule has 0 bridgehead atoms. The van der Waals surface area contributed by atoms with Crippen LogP contribution in [0.15, 0.2) is 36.4 Å². The standard InChI is InChI=1S/C13H19NO2.C12H19F3O2.C2H6/c1-10-6-5-7-11(8-10)9-14-12(15)16-13(2,3)4;1-4-6-7-10(11(16)17-5-2)8-9(3)12(13,14)15;1-2/h5-8H,9H2,1-4H3,(H,14,15);10H,3-8H2,1-2H3;1-2H3. The van der Waals surface area contributed by atoms with E-state index in [4.69, 9.17) is 9.47 Å². The zero-order chi connectivity index (χ0) is 27.7. The van der Waals surface area contributed by atoms with Crippen molar-refractivity contribution >= 4 is 12.1 Å². The van der Waals surface area contributed by atoms with Gasteiger partial charge < -0.3 is 14.8 Å². The van der Waals surface area contributed by atoms with E-state index in [9.17, 15) is 22.8 Å². The highest BCUT2D eigenvalue weighted by molar-refractivity contribution is 5.72. The highest BCUT2D eigenvalue weighted by atomic mass is 19.4. The number of esters is 1. The Morgan fingerprint density at radius 2 is 1.71 bits per heavy atom. The van der Waals surface area contributed by atoms with Crippen molar-refractivity contribution in [3.05, 3.63) is 47.5 Å². The summed E-state index contributed by atoms with van der Waals surface area (Å²) in [6.07, 6.45) is -3.25. The average molecular weight is 504 g/mol. The molecule has 0 heterocycles. The summed E-state index contributed by atoms with van der Waals surface area (Å²) >= 11 is 0. The van der Waals surface area contributed by atoms with E-state index in [0.29, 0.717) is 19.4 Å². The van der Waals surface area contributed by atoms with Crippen LogP contribution in [0, 0.1) is 12.8 Å². The first-order valence-electron chi connectivity index (χ1n) is 12.1. The summed E-state index contributed by atoms with van der Waals surface area (Å²) in [5, 5.41) is 2.72. The number of ether oxygens (including phenoxy) is 2. The van der Waals surface area contributed by atoms with E-state index in [1.54, 1.807) is 6.92 Å². The molecule has 0 radical (unpaired) electrons. The van der Waals surface area contributed by atoms with E-state index in [1.165, 1.54) is 5.56 Å². The molecule has 0 aliphatic carbocycles. The zero-order valence-corrected chi connectivity index (χ0v) is 22.6. The average Bonchev–Trinajstić information content (AvgIpc) is 2.75. The molecular weight excluding hydrogens is 459 g/mol. The molecule has 0 spiro atoms. The molecule has 8 heteroatoms. The van der Waals surface area contributed by atoms with Crippen molar-refractivity contribution < 1.29 is 32.2 Å². The number of rotatable bonds is 9. The summed E-state index contributed by atoms with van der Waals surface area (Å²) in [7, 11) is 0. The summed E-state index contributed by atoms with van der Waals surface area (Å²) in [5.74, 6) is -1.30. The van der Waals surface area contributed by atoms with Gasteiger partial charge in [0.2, 0.25) is 0 Å². The van der Waals surface area contributed by atoms with Crippen LogP contribution in [-0.4, -0.2) is 30.4 Å². The summed E-state index contributed by atoms with van der Waals surface area (Å²) in [4.78, 5) is 22.9. The van der Waals surface area contributed by atoms with E-state index < -0.39 is 29.2 Å². The van der Waals surface area contributed by atoms with Crippen LogP contribution in [-0.2, 0) is 20.8 Å². The van der Waals surface area contributed by atoms with Crippen molar-refractivity contribution in [1.82, 2.24) is 5.32 Å². The maximum Gasteiger partial charge on any atom is 0.412 e. The Hall–Kier alpha value is -2.51. The fraction of sp³-hybridized carbons (Fsp3) is 0.630. The number of amides is 1. The zero-order valence-electron chi connectivity index (χ0n) is 22.6. The van der Waals surface area contributed by atoms with E-state index in [0.717, 1.165) is 12.0 Å². The van der Waals surface area contributed by atoms with Crippen LogP contribution >= 0.6 is 0 Å². The molecule has 1 amide bonds. The normalized spacial score (nSPS) is 11.6.